The van der Waals surface area contributed by atoms with Gasteiger partial charge in [-0.2, -0.15) is 18.3 Å². The number of halogens is 3. The van der Waals surface area contributed by atoms with Crippen molar-refractivity contribution in [2.75, 3.05) is 12.4 Å². The average Bonchev–Trinajstić information content (AvgIpc) is 2.77. The molecule has 1 heterocycles. The summed E-state index contributed by atoms with van der Waals surface area (Å²) in [6, 6.07) is 3.19. The Morgan fingerprint density at radius 3 is 2.52 bits per heavy atom. The molecule has 6 nitrogen and oxygen atoms in total. The van der Waals surface area contributed by atoms with Crippen LogP contribution >= 0.6 is 0 Å². The van der Waals surface area contributed by atoms with Gasteiger partial charge in [0.05, 0.1) is 12.8 Å². The van der Waals surface area contributed by atoms with Crippen molar-refractivity contribution >= 4 is 11.7 Å². The Hall–Kier alpha value is -2.71. The number of urea groups is 1. The summed E-state index contributed by atoms with van der Waals surface area (Å²) in [5.74, 6) is 0.476. The van der Waals surface area contributed by atoms with Crippen LogP contribution in [0.25, 0.3) is 0 Å². The van der Waals surface area contributed by atoms with Gasteiger partial charge in [-0.1, -0.05) is 6.07 Å². The molecular weight excluding hydrogens is 337 g/mol. The van der Waals surface area contributed by atoms with Crippen LogP contribution < -0.4 is 15.4 Å². The number of carbonyl (C=O) groups excluding carboxylic acids is 1. The molecule has 1 aromatic heterocycles. The van der Waals surface area contributed by atoms with Crippen molar-refractivity contribution in [1.29, 1.82) is 0 Å². The van der Waals surface area contributed by atoms with Gasteiger partial charge >= 0.3 is 12.2 Å². The van der Waals surface area contributed by atoms with Gasteiger partial charge in [0, 0.05) is 30.1 Å². The zero-order valence-corrected chi connectivity index (χ0v) is 14.2. The number of anilines is 1. The number of hydrogen-bond acceptors (Lipinski definition) is 3. The van der Waals surface area contributed by atoms with E-state index in [0.29, 0.717) is 17.1 Å². The Kier molecular flexibility index (Phi) is 5.24. The number of nitrogens with zero attached hydrogens (tertiary/aromatic N) is 2. The number of methoxy groups -OCH3 is 1. The van der Waals surface area contributed by atoms with E-state index in [-0.39, 0.29) is 11.3 Å². The Bertz CT molecular complexity index is 771. The first-order valence-electron chi connectivity index (χ1n) is 7.42. The second-order valence-electron chi connectivity index (χ2n) is 5.51. The van der Waals surface area contributed by atoms with Crippen LogP contribution in [0.3, 0.4) is 0 Å². The first-order chi connectivity index (χ1) is 11.6. The highest BCUT2D eigenvalue weighted by Crippen LogP contribution is 2.35. The van der Waals surface area contributed by atoms with Crippen LogP contribution in [0.5, 0.6) is 5.75 Å². The predicted molar refractivity (Wildman–Crippen MR) is 86.6 cm³/mol. The summed E-state index contributed by atoms with van der Waals surface area (Å²) in [6.07, 6.45) is -4.66. The minimum absolute atomic E-state index is 0.0595. The highest BCUT2D eigenvalue weighted by molar-refractivity contribution is 5.89. The van der Waals surface area contributed by atoms with Gasteiger partial charge < -0.3 is 15.4 Å². The second-order valence-corrected chi connectivity index (χ2v) is 5.51. The standard InChI is InChI=1S/C16H19F3N4O2/c1-9-13(10(2)23(3)22-9)14(16(17,18)19)21-15(24)20-11-6-5-7-12(8-11)25-4/h5-8,14H,1-4H3,(H2,20,21,24)/t14-/m1/s1. The van der Waals surface area contributed by atoms with Crippen LogP contribution in [0.15, 0.2) is 24.3 Å². The van der Waals surface area contributed by atoms with Gasteiger partial charge in [-0.3, -0.25) is 4.68 Å². The van der Waals surface area contributed by atoms with Gasteiger partial charge in [0.25, 0.3) is 0 Å². The molecule has 0 radical (unpaired) electrons. The topological polar surface area (TPSA) is 68.2 Å². The molecule has 0 saturated heterocycles. The van der Waals surface area contributed by atoms with Gasteiger partial charge in [-0.15, -0.1) is 0 Å². The molecule has 0 aliphatic rings. The molecule has 2 N–H and O–H groups in total. The van der Waals surface area contributed by atoms with Crippen molar-refractivity contribution in [2.24, 2.45) is 7.05 Å². The van der Waals surface area contributed by atoms with Crippen LogP contribution in [-0.4, -0.2) is 29.1 Å². The zero-order valence-electron chi connectivity index (χ0n) is 14.2. The molecule has 0 bridgehead atoms. The first-order valence-corrected chi connectivity index (χ1v) is 7.42. The lowest BCUT2D eigenvalue weighted by molar-refractivity contribution is -0.155. The number of benzene rings is 1. The third kappa shape index (κ3) is 4.23. The third-order valence-electron chi connectivity index (χ3n) is 3.78. The van der Waals surface area contributed by atoms with E-state index in [0.717, 1.165) is 0 Å². The summed E-state index contributed by atoms with van der Waals surface area (Å²) in [4.78, 5) is 12.1. The minimum atomic E-state index is -4.66. The average molecular weight is 356 g/mol. The molecule has 0 saturated carbocycles. The summed E-state index contributed by atoms with van der Waals surface area (Å²) in [7, 11) is 3.00. The highest BCUT2D eigenvalue weighted by Gasteiger charge is 2.44. The molecule has 9 heteroatoms. The molecule has 1 atom stereocenters. The van der Waals surface area contributed by atoms with E-state index in [1.807, 2.05) is 5.32 Å². The Labute approximate surface area is 143 Å². The van der Waals surface area contributed by atoms with Crippen molar-refractivity contribution in [3.8, 4) is 5.75 Å². The number of aromatic nitrogens is 2. The normalized spacial score (nSPS) is 12.6. The quantitative estimate of drug-likeness (QED) is 0.881. The lowest BCUT2D eigenvalue weighted by atomic mass is 10.0. The molecule has 25 heavy (non-hydrogen) atoms. The number of aryl methyl sites for hydroxylation is 2. The van der Waals surface area contributed by atoms with E-state index < -0.39 is 18.2 Å². The summed E-state index contributed by atoms with van der Waals surface area (Å²) >= 11 is 0. The van der Waals surface area contributed by atoms with Crippen molar-refractivity contribution in [2.45, 2.75) is 26.1 Å². The number of nitrogens with one attached hydrogen (secondary N) is 2. The molecule has 2 rings (SSSR count). The van der Waals surface area contributed by atoms with Crippen LogP contribution in [-0.2, 0) is 7.05 Å². The fourth-order valence-electron chi connectivity index (χ4n) is 2.52. The van der Waals surface area contributed by atoms with E-state index in [4.69, 9.17) is 4.74 Å². The van der Waals surface area contributed by atoms with E-state index in [9.17, 15) is 18.0 Å². The summed E-state index contributed by atoms with van der Waals surface area (Å²) in [5.41, 5.74) is 0.804. The molecule has 0 spiro atoms. The lowest BCUT2D eigenvalue weighted by Gasteiger charge is -2.22. The second kappa shape index (κ2) is 7.04. The van der Waals surface area contributed by atoms with E-state index in [1.54, 1.807) is 25.2 Å². The Balaban J connectivity index is 2.24. The molecule has 0 unspecified atom stereocenters. The summed E-state index contributed by atoms with van der Waals surface area (Å²) in [6.45, 7) is 3.00. The van der Waals surface area contributed by atoms with Crippen molar-refractivity contribution in [3.63, 3.8) is 0 Å². The summed E-state index contributed by atoms with van der Waals surface area (Å²) < 4.78 is 46.8. The highest BCUT2D eigenvalue weighted by atomic mass is 19.4. The molecule has 136 valence electrons. The molecular formula is C16H19F3N4O2. The van der Waals surface area contributed by atoms with Crippen LogP contribution in [0.2, 0.25) is 0 Å². The maximum absolute atomic E-state index is 13.5. The van der Waals surface area contributed by atoms with Crippen molar-refractivity contribution < 1.29 is 22.7 Å². The number of carbonyl (C=O) groups is 1. The molecule has 2 amide bonds. The van der Waals surface area contributed by atoms with E-state index >= 15 is 0 Å². The zero-order chi connectivity index (χ0) is 18.8. The van der Waals surface area contributed by atoms with Crippen LogP contribution in [0.1, 0.15) is 23.0 Å². The fourth-order valence-corrected chi connectivity index (χ4v) is 2.52. The number of ether oxygens (including phenoxy) is 1. The molecule has 2 aromatic rings. The van der Waals surface area contributed by atoms with Crippen molar-refractivity contribution in [3.05, 3.63) is 41.2 Å². The SMILES string of the molecule is COc1cccc(NC(=O)N[C@H](c2c(C)nn(C)c2C)C(F)(F)F)c1. The first kappa shape index (κ1) is 18.6. The smallest absolute Gasteiger partial charge is 0.413 e. The number of hydrogen-bond donors (Lipinski definition) is 2. The molecule has 0 aliphatic heterocycles. The largest absolute Gasteiger partial charge is 0.497 e. The molecule has 0 fully saturated rings. The van der Waals surface area contributed by atoms with Gasteiger partial charge in [0.1, 0.15) is 5.75 Å². The number of amides is 2. The van der Waals surface area contributed by atoms with E-state index in [1.165, 1.54) is 31.7 Å². The monoisotopic (exact) mass is 356 g/mol. The van der Waals surface area contributed by atoms with Crippen molar-refractivity contribution in [1.82, 2.24) is 15.1 Å². The predicted octanol–water partition coefficient (Wildman–Crippen LogP) is 3.47. The molecule has 0 aliphatic carbocycles. The molecule has 1 aromatic carbocycles. The number of alkyl halides is 3. The minimum Gasteiger partial charge on any atom is -0.497 e. The van der Waals surface area contributed by atoms with Gasteiger partial charge in [-0.25, -0.2) is 4.79 Å². The van der Waals surface area contributed by atoms with Crippen LogP contribution in [0, 0.1) is 13.8 Å². The van der Waals surface area contributed by atoms with E-state index in [2.05, 4.69) is 10.4 Å². The number of rotatable bonds is 4. The Morgan fingerprint density at radius 1 is 1.32 bits per heavy atom. The van der Waals surface area contributed by atoms with Gasteiger partial charge in [0.15, 0.2) is 6.04 Å². The van der Waals surface area contributed by atoms with Gasteiger partial charge in [0.2, 0.25) is 0 Å². The maximum atomic E-state index is 13.5. The lowest BCUT2D eigenvalue weighted by Crippen LogP contribution is -2.41. The Morgan fingerprint density at radius 2 is 2.00 bits per heavy atom. The third-order valence-corrected chi connectivity index (χ3v) is 3.78. The summed E-state index contributed by atoms with van der Waals surface area (Å²) in [5, 5.41) is 8.35. The van der Waals surface area contributed by atoms with Crippen LogP contribution in [0.4, 0.5) is 23.7 Å². The fraction of sp³-hybridized carbons (Fsp3) is 0.375. The maximum Gasteiger partial charge on any atom is 0.413 e. The van der Waals surface area contributed by atoms with Gasteiger partial charge in [-0.05, 0) is 26.0 Å².